The molecule has 0 amide bonds. The molecule has 98 valence electrons. The van der Waals surface area contributed by atoms with Crippen molar-refractivity contribution in [2.75, 3.05) is 0 Å². The molecule has 0 aromatic heterocycles. The average Bonchev–Trinajstić information content (AvgIpc) is 2.23. The molecule has 1 fully saturated rings. The van der Waals surface area contributed by atoms with Crippen LogP contribution in [0.5, 0.6) is 0 Å². The van der Waals surface area contributed by atoms with Crippen LogP contribution in [0.4, 0.5) is 0 Å². The molecule has 0 atom stereocenters. The summed E-state index contributed by atoms with van der Waals surface area (Å²) in [4.78, 5) is 11.5. The minimum atomic E-state index is -0.422. The number of carbonyl (C=O) groups excluding carboxylic acids is 1. The third-order valence-corrected chi connectivity index (χ3v) is 3.70. The molecule has 1 aromatic rings. The van der Waals surface area contributed by atoms with E-state index in [1.807, 2.05) is 51.1 Å². The Morgan fingerprint density at radius 3 is 2.33 bits per heavy atom. The molecule has 2 nitrogen and oxygen atoms in total. The Morgan fingerprint density at radius 2 is 1.83 bits per heavy atom. The van der Waals surface area contributed by atoms with Crippen molar-refractivity contribution >= 4 is 17.6 Å². The first kappa shape index (κ1) is 13.4. The van der Waals surface area contributed by atoms with E-state index in [1.165, 1.54) is 0 Å². The Kier molecular flexibility index (Phi) is 3.41. The normalized spacial score (nSPS) is 27.4. The Hall–Kier alpha value is -1.02. The summed E-state index contributed by atoms with van der Waals surface area (Å²) >= 11 is 6.54. The van der Waals surface area contributed by atoms with Crippen LogP contribution in [0.3, 0.4) is 0 Å². The number of halogens is 1. The van der Waals surface area contributed by atoms with E-state index in [0.29, 0.717) is 12.8 Å². The second-order valence-electron chi connectivity index (χ2n) is 5.97. The molecule has 0 bridgehead atoms. The first-order valence-corrected chi connectivity index (χ1v) is 6.65. The van der Waals surface area contributed by atoms with Gasteiger partial charge in [-0.25, -0.2) is 0 Å². The molecule has 0 aliphatic heterocycles. The van der Waals surface area contributed by atoms with Gasteiger partial charge in [0.15, 0.2) is 0 Å². The molecule has 2 rings (SSSR count). The summed E-state index contributed by atoms with van der Waals surface area (Å²) < 4.78 is 5.37. The predicted molar refractivity (Wildman–Crippen MR) is 72.5 cm³/mol. The largest absolute Gasteiger partial charge is 0.460 e. The van der Waals surface area contributed by atoms with Gasteiger partial charge in [-0.15, -0.1) is 11.6 Å². The molecule has 3 heteroatoms. The molecule has 1 aromatic carbocycles. The summed E-state index contributed by atoms with van der Waals surface area (Å²) in [5.74, 6) is -0.198. The highest BCUT2D eigenvalue weighted by Gasteiger charge is 2.48. The Bertz CT molecular complexity index is 428. The van der Waals surface area contributed by atoms with Crippen LogP contribution in [0.1, 0.15) is 39.2 Å². The van der Waals surface area contributed by atoms with Gasteiger partial charge in [-0.2, -0.15) is 0 Å². The van der Waals surface area contributed by atoms with Crippen molar-refractivity contribution in [3.05, 3.63) is 35.9 Å². The number of hydrogen-bond acceptors (Lipinski definition) is 2. The maximum atomic E-state index is 11.9. The predicted octanol–water partition coefficient (Wildman–Crippen LogP) is 3.87. The maximum Gasteiger partial charge on any atom is 0.309 e. The number of ether oxygens (including phenoxy) is 1. The molecule has 0 N–H and O–H groups in total. The van der Waals surface area contributed by atoms with Crippen molar-refractivity contribution in [3.63, 3.8) is 0 Å². The van der Waals surface area contributed by atoms with Gasteiger partial charge in [0.25, 0.3) is 0 Å². The molecule has 0 heterocycles. The molecular weight excluding hydrogens is 248 g/mol. The molecule has 1 saturated carbocycles. The monoisotopic (exact) mass is 266 g/mol. The van der Waals surface area contributed by atoms with Crippen LogP contribution in [-0.4, -0.2) is 11.6 Å². The summed E-state index contributed by atoms with van der Waals surface area (Å²) in [5.41, 5.74) is 0.667. The van der Waals surface area contributed by atoms with E-state index < -0.39 is 5.60 Å². The van der Waals surface area contributed by atoms with Gasteiger partial charge in [0.2, 0.25) is 0 Å². The Morgan fingerprint density at radius 1 is 1.28 bits per heavy atom. The minimum absolute atomic E-state index is 0.0677. The molecule has 18 heavy (non-hydrogen) atoms. The standard InChI is InChI=1S/C15H19ClO2/c1-14(2,3)18-13(17)11-9-15(16,10-11)12-7-5-4-6-8-12/h4-8,11H,9-10H2,1-3H3. The number of hydrogen-bond donors (Lipinski definition) is 0. The fourth-order valence-electron chi connectivity index (χ4n) is 2.25. The van der Waals surface area contributed by atoms with Gasteiger partial charge >= 0.3 is 5.97 Å². The SMILES string of the molecule is CC(C)(C)OC(=O)C1CC(Cl)(c2ccccc2)C1. The van der Waals surface area contributed by atoms with E-state index in [2.05, 4.69) is 0 Å². The second kappa shape index (κ2) is 4.58. The minimum Gasteiger partial charge on any atom is -0.460 e. The van der Waals surface area contributed by atoms with Crippen LogP contribution in [0.25, 0.3) is 0 Å². The fraction of sp³-hybridized carbons (Fsp3) is 0.533. The zero-order valence-electron chi connectivity index (χ0n) is 11.1. The van der Waals surface area contributed by atoms with E-state index in [4.69, 9.17) is 16.3 Å². The van der Waals surface area contributed by atoms with Crippen LogP contribution >= 0.6 is 11.6 Å². The van der Waals surface area contributed by atoms with E-state index >= 15 is 0 Å². The maximum absolute atomic E-state index is 11.9. The van der Waals surface area contributed by atoms with Crippen molar-refractivity contribution in [2.24, 2.45) is 5.92 Å². The number of benzene rings is 1. The van der Waals surface area contributed by atoms with Gasteiger partial charge in [-0.05, 0) is 39.2 Å². The van der Waals surface area contributed by atoms with Crippen molar-refractivity contribution in [1.82, 2.24) is 0 Å². The van der Waals surface area contributed by atoms with Gasteiger partial charge in [-0.3, -0.25) is 4.79 Å². The second-order valence-corrected chi connectivity index (χ2v) is 6.69. The molecule has 0 saturated heterocycles. The average molecular weight is 267 g/mol. The van der Waals surface area contributed by atoms with E-state index in [9.17, 15) is 4.79 Å². The van der Waals surface area contributed by atoms with Crippen LogP contribution in [-0.2, 0) is 14.4 Å². The van der Waals surface area contributed by atoms with Gasteiger partial charge < -0.3 is 4.74 Å². The molecule has 1 aliphatic rings. The highest BCUT2D eigenvalue weighted by Crippen LogP contribution is 2.51. The van der Waals surface area contributed by atoms with Crippen LogP contribution in [0.15, 0.2) is 30.3 Å². The third kappa shape index (κ3) is 2.86. The van der Waals surface area contributed by atoms with E-state index in [0.717, 1.165) is 5.56 Å². The highest BCUT2D eigenvalue weighted by atomic mass is 35.5. The lowest BCUT2D eigenvalue weighted by Crippen LogP contribution is -2.43. The summed E-state index contributed by atoms with van der Waals surface area (Å²) in [5, 5.41) is 0. The van der Waals surface area contributed by atoms with Crippen LogP contribution in [0, 0.1) is 5.92 Å². The van der Waals surface area contributed by atoms with Crippen molar-refractivity contribution in [3.8, 4) is 0 Å². The van der Waals surface area contributed by atoms with Crippen molar-refractivity contribution in [1.29, 1.82) is 0 Å². The smallest absolute Gasteiger partial charge is 0.309 e. The van der Waals surface area contributed by atoms with Crippen molar-refractivity contribution in [2.45, 2.75) is 44.1 Å². The summed E-state index contributed by atoms with van der Waals surface area (Å²) in [6.07, 6.45) is 1.32. The topological polar surface area (TPSA) is 26.3 Å². The molecular formula is C15H19ClO2. The number of rotatable bonds is 2. The lowest BCUT2D eigenvalue weighted by Gasteiger charge is -2.42. The lowest BCUT2D eigenvalue weighted by molar-refractivity contribution is -0.164. The first-order valence-electron chi connectivity index (χ1n) is 6.27. The Balaban J connectivity index is 1.96. The molecule has 0 radical (unpaired) electrons. The number of carbonyl (C=O) groups is 1. The van der Waals surface area contributed by atoms with E-state index in [1.54, 1.807) is 0 Å². The lowest BCUT2D eigenvalue weighted by atomic mass is 9.70. The zero-order chi connectivity index (χ0) is 13.4. The summed E-state index contributed by atoms with van der Waals surface area (Å²) in [7, 11) is 0. The van der Waals surface area contributed by atoms with Crippen LogP contribution in [0.2, 0.25) is 0 Å². The molecule has 1 aliphatic carbocycles. The first-order chi connectivity index (χ1) is 8.30. The number of esters is 1. The van der Waals surface area contributed by atoms with Crippen LogP contribution < -0.4 is 0 Å². The summed E-state index contributed by atoms with van der Waals surface area (Å²) in [6, 6.07) is 9.94. The zero-order valence-corrected chi connectivity index (χ0v) is 11.8. The molecule has 0 spiro atoms. The quantitative estimate of drug-likeness (QED) is 0.600. The fourth-order valence-corrected chi connectivity index (χ4v) is 2.74. The van der Waals surface area contributed by atoms with E-state index in [-0.39, 0.29) is 16.8 Å². The summed E-state index contributed by atoms with van der Waals surface area (Å²) in [6.45, 7) is 5.65. The highest BCUT2D eigenvalue weighted by molar-refractivity contribution is 6.25. The molecule has 0 unspecified atom stereocenters. The van der Waals surface area contributed by atoms with Gasteiger partial charge in [-0.1, -0.05) is 30.3 Å². The van der Waals surface area contributed by atoms with Crippen molar-refractivity contribution < 1.29 is 9.53 Å². The van der Waals surface area contributed by atoms with Gasteiger partial charge in [0, 0.05) is 0 Å². The van der Waals surface area contributed by atoms with Gasteiger partial charge in [0.1, 0.15) is 5.60 Å². The van der Waals surface area contributed by atoms with Gasteiger partial charge in [0.05, 0.1) is 10.8 Å². The third-order valence-electron chi connectivity index (χ3n) is 3.17. The number of alkyl halides is 1. The Labute approximate surface area is 113 Å².